The van der Waals surface area contributed by atoms with Crippen LogP contribution in [0.2, 0.25) is 0 Å². The molecule has 9 heteroatoms. The average molecular weight is 501 g/mol. The Bertz CT molecular complexity index is 1440. The number of benzene rings is 2. The molecule has 1 N–H and O–H groups in total. The number of ether oxygens (including phenoxy) is 1. The molecular formula is C28H28N4O5. The zero-order valence-corrected chi connectivity index (χ0v) is 20.9. The van der Waals surface area contributed by atoms with E-state index in [1.807, 2.05) is 50.2 Å². The summed E-state index contributed by atoms with van der Waals surface area (Å²) in [6.45, 7) is 5.06. The molecule has 4 heterocycles. The topological polar surface area (TPSA) is 105 Å². The minimum absolute atomic E-state index is 0.0981. The number of rotatable bonds is 4. The number of amides is 2. The SMILES string of the molecule is CC1(C)Cc2cc(-n3nc(C(=O)O)c4c3C(=O)N(c3ccc(N5CCCCC5=O)cc3)CC4)ccc2O1. The standard InChI is InChI=1S/C28H28N4O5/c1-28(2)16-17-15-20(10-11-22(17)37-28)32-25-21(24(29-32)27(35)36)12-14-31(26(25)34)19-8-6-18(7-9-19)30-13-4-3-5-23(30)33/h6-11,15H,3-5,12-14,16H2,1-2H3,(H,35,36). The maximum absolute atomic E-state index is 13.8. The lowest BCUT2D eigenvalue weighted by Crippen LogP contribution is -2.39. The quantitative estimate of drug-likeness (QED) is 0.581. The first kappa shape index (κ1) is 23.3. The molecule has 1 saturated heterocycles. The van der Waals surface area contributed by atoms with Gasteiger partial charge in [-0.2, -0.15) is 5.10 Å². The zero-order chi connectivity index (χ0) is 25.9. The second kappa shape index (κ2) is 8.47. The largest absolute Gasteiger partial charge is 0.487 e. The predicted molar refractivity (Wildman–Crippen MR) is 137 cm³/mol. The first-order valence-electron chi connectivity index (χ1n) is 12.6. The zero-order valence-electron chi connectivity index (χ0n) is 20.9. The summed E-state index contributed by atoms with van der Waals surface area (Å²) in [6, 6.07) is 13.0. The fourth-order valence-electron chi connectivity index (χ4n) is 5.58. The van der Waals surface area contributed by atoms with Crippen molar-refractivity contribution >= 4 is 29.2 Å². The van der Waals surface area contributed by atoms with Crippen LogP contribution >= 0.6 is 0 Å². The highest BCUT2D eigenvalue weighted by Crippen LogP contribution is 2.37. The van der Waals surface area contributed by atoms with Crippen LogP contribution in [0.5, 0.6) is 5.75 Å². The van der Waals surface area contributed by atoms with Crippen LogP contribution in [0.3, 0.4) is 0 Å². The number of carbonyl (C=O) groups excluding carboxylic acids is 2. The summed E-state index contributed by atoms with van der Waals surface area (Å²) >= 11 is 0. The highest BCUT2D eigenvalue weighted by Gasteiger charge is 2.36. The maximum Gasteiger partial charge on any atom is 0.356 e. The van der Waals surface area contributed by atoms with Crippen molar-refractivity contribution < 1.29 is 24.2 Å². The number of carbonyl (C=O) groups is 3. The van der Waals surface area contributed by atoms with E-state index in [1.165, 1.54) is 4.68 Å². The number of hydrogen-bond acceptors (Lipinski definition) is 5. The second-order valence-electron chi connectivity index (χ2n) is 10.4. The van der Waals surface area contributed by atoms with Crippen LogP contribution in [-0.2, 0) is 17.6 Å². The number of carboxylic acids is 1. The molecule has 2 amide bonds. The van der Waals surface area contributed by atoms with Crippen LogP contribution < -0.4 is 14.5 Å². The van der Waals surface area contributed by atoms with Crippen LogP contribution in [0.25, 0.3) is 5.69 Å². The molecule has 0 saturated carbocycles. The number of carboxylic acid groups (broad SMARTS) is 1. The number of aromatic carboxylic acids is 1. The van der Waals surface area contributed by atoms with Crippen LogP contribution in [0.15, 0.2) is 42.5 Å². The van der Waals surface area contributed by atoms with Crippen molar-refractivity contribution in [1.29, 1.82) is 0 Å². The highest BCUT2D eigenvalue weighted by molar-refractivity contribution is 6.09. The van der Waals surface area contributed by atoms with Crippen molar-refractivity contribution in [3.8, 4) is 11.4 Å². The van der Waals surface area contributed by atoms with Gasteiger partial charge in [-0.25, -0.2) is 9.48 Å². The molecule has 3 aromatic rings. The number of hydrogen-bond donors (Lipinski definition) is 1. The van der Waals surface area contributed by atoms with Gasteiger partial charge >= 0.3 is 5.97 Å². The fraction of sp³-hybridized carbons (Fsp3) is 0.357. The number of nitrogens with zero attached hydrogens (tertiary/aromatic N) is 4. The van der Waals surface area contributed by atoms with E-state index in [0.717, 1.165) is 29.8 Å². The summed E-state index contributed by atoms with van der Waals surface area (Å²) in [5.41, 5.74) is 3.41. The molecule has 0 bridgehead atoms. The molecule has 37 heavy (non-hydrogen) atoms. The van der Waals surface area contributed by atoms with Gasteiger partial charge in [0, 0.05) is 48.4 Å². The molecular weight excluding hydrogens is 472 g/mol. The molecule has 9 nitrogen and oxygen atoms in total. The van der Waals surface area contributed by atoms with Gasteiger partial charge in [-0.3, -0.25) is 9.59 Å². The van der Waals surface area contributed by atoms with Gasteiger partial charge in [0.25, 0.3) is 5.91 Å². The summed E-state index contributed by atoms with van der Waals surface area (Å²) in [4.78, 5) is 41.6. The van der Waals surface area contributed by atoms with Crippen molar-refractivity contribution in [1.82, 2.24) is 9.78 Å². The molecule has 3 aliphatic rings. The van der Waals surface area contributed by atoms with Crippen LogP contribution in [0.1, 0.15) is 65.2 Å². The lowest BCUT2D eigenvalue weighted by Gasteiger charge is -2.29. The van der Waals surface area contributed by atoms with E-state index in [2.05, 4.69) is 5.10 Å². The van der Waals surface area contributed by atoms with Gasteiger partial charge in [0.2, 0.25) is 5.91 Å². The Kier molecular flexibility index (Phi) is 5.33. The molecule has 1 aromatic heterocycles. The van der Waals surface area contributed by atoms with Crippen molar-refractivity contribution in [2.45, 2.75) is 51.6 Å². The number of piperidine rings is 1. The van der Waals surface area contributed by atoms with Crippen molar-refractivity contribution in [3.63, 3.8) is 0 Å². The Morgan fingerprint density at radius 2 is 1.65 bits per heavy atom. The number of fused-ring (bicyclic) bond motifs is 2. The fourth-order valence-corrected chi connectivity index (χ4v) is 5.58. The third-order valence-corrected chi connectivity index (χ3v) is 7.31. The summed E-state index contributed by atoms with van der Waals surface area (Å²) in [5, 5.41) is 14.2. The highest BCUT2D eigenvalue weighted by atomic mass is 16.5. The molecule has 2 aromatic carbocycles. The molecule has 190 valence electrons. The number of aromatic nitrogens is 2. The van der Waals surface area contributed by atoms with Gasteiger partial charge in [-0.05, 0) is 75.6 Å². The Balaban J connectivity index is 1.35. The van der Waals surface area contributed by atoms with Crippen LogP contribution in [-0.4, -0.2) is 51.4 Å². The minimum Gasteiger partial charge on any atom is -0.487 e. The number of anilines is 2. The monoisotopic (exact) mass is 500 g/mol. The van der Waals surface area contributed by atoms with E-state index in [0.29, 0.717) is 49.3 Å². The van der Waals surface area contributed by atoms with Gasteiger partial charge in [-0.1, -0.05) is 0 Å². The van der Waals surface area contributed by atoms with Crippen molar-refractivity contribution in [2.75, 3.05) is 22.9 Å². The van der Waals surface area contributed by atoms with Crippen molar-refractivity contribution in [3.05, 3.63) is 65.0 Å². The summed E-state index contributed by atoms with van der Waals surface area (Å²) in [7, 11) is 0. The van der Waals surface area contributed by atoms with E-state index >= 15 is 0 Å². The summed E-state index contributed by atoms with van der Waals surface area (Å²) < 4.78 is 7.43. The molecule has 0 spiro atoms. The van der Waals surface area contributed by atoms with E-state index < -0.39 is 5.97 Å². The third-order valence-electron chi connectivity index (χ3n) is 7.31. The van der Waals surface area contributed by atoms with E-state index in [-0.39, 0.29) is 28.8 Å². The Morgan fingerprint density at radius 3 is 2.35 bits per heavy atom. The molecule has 0 radical (unpaired) electrons. The van der Waals surface area contributed by atoms with Gasteiger partial charge in [0.1, 0.15) is 17.0 Å². The first-order chi connectivity index (χ1) is 17.7. The van der Waals surface area contributed by atoms with Gasteiger partial charge in [0.05, 0.1) is 5.69 Å². The molecule has 0 unspecified atom stereocenters. The molecule has 3 aliphatic heterocycles. The predicted octanol–water partition coefficient (Wildman–Crippen LogP) is 4.00. The van der Waals surface area contributed by atoms with Gasteiger partial charge in [-0.15, -0.1) is 0 Å². The van der Waals surface area contributed by atoms with Crippen LogP contribution in [0, 0.1) is 0 Å². The van der Waals surface area contributed by atoms with E-state index in [9.17, 15) is 19.5 Å². The Labute approximate surface area is 214 Å². The molecule has 1 fully saturated rings. The second-order valence-corrected chi connectivity index (χ2v) is 10.4. The lowest BCUT2D eigenvalue weighted by molar-refractivity contribution is -0.119. The van der Waals surface area contributed by atoms with Gasteiger partial charge < -0.3 is 19.6 Å². The summed E-state index contributed by atoms with van der Waals surface area (Å²) in [6.07, 6.45) is 3.52. The molecule has 0 aliphatic carbocycles. The Hall–Kier alpha value is -4.14. The molecule has 6 rings (SSSR count). The van der Waals surface area contributed by atoms with Crippen molar-refractivity contribution in [2.24, 2.45) is 0 Å². The van der Waals surface area contributed by atoms with Crippen LogP contribution in [0.4, 0.5) is 11.4 Å². The van der Waals surface area contributed by atoms with Gasteiger partial charge in [0.15, 0.2) is 5.69 Å². The molecule has 0 atom stereocenters. The third kappa shape index (κ3) is 3.94. The Morgan fingerprint density at radius 1 is 0.946 bits per heavy atom. The van der Waals surface area contributed by atoms with E-state index in [4.69, 9.17) is 4.74 Å². The minimum atomic E-state index is -1.16. The maximum atomic E-state index is 13.8. The normalized spacial score (nSPS) is 18.4. The first-order valence-corrected chi connectivity index (χ1v) is 12.6. The lowest BCUT2D eigenvalue weighted by atomic mass is 10.0. The smallest absolute Gasteiger partial charge is 0.356 e. The van der Waals surface area contributed by atoms with E-state index in [1.54, 1.807) is 15.9 Å². The average Bonchev–Trinajstić information content (AvgIpc) is 3.41. The summed E-state index contributed by atoms with van der Waals surface area (Å²) in [5.74, 6) is -0.558.